The van der Waals surface area contributed by atoms with E-state index in [0.29, 0.717) is 21.7 Å². The van der Waals surface area contributed by atoms with E-state index in [9.17, 15) is 9.59 Å². The predicted octanol–water partition coefficient (Wildman–Crippen LogP) is 4.12. The molecule has 1 heterocycles. The lowest BCUT2D eigenvalue weighted by atomic mass is 10.3. The number of nitrogens with one attached hydrogen (secondary N) is 1. The molecule has 3 aromatic rings. The van der Waals surface area contributed by atoms with E-state index in [2.05, 4.69) is 15.3 Å². The molecule has 1 atom stereocenters. The maximum atomic E-state index is 12.2. The maximum absolute atomic E-state index is 12.2. The van der Waals surface area contributed by atoms with Crippen LogP contribution < -0.4 is 5.32 Å². The molecule has 0 saturated carbocycles. The first-order chi connectivity index (χ1) is 12.4. The molecular weight excluding hydrogens is 377 g/mol. The van der Waals surface area contributed by atoms with Gasteiger partial charge in [0.1, 0.15) is 0 Å². The van der Waals surface area contributed by atoms with Gasteiger partial charge in [-0.25, -0.2) is 9.78 Å². The number of hydrogen-bond acceptors (Lipinski definition) is 5. The number of halogens is 2. The van der Waals surface area contributed by atoms with Gasteiger partial charge in [0.05, 0.1) is 27.9 Å². The Balaban J connectivity index is 1.68. The molecule has 132 valence electrons. The Labute approximate surface area is 159 Å². The zero-order valence-electron chi connectivity index (χ0n) is 13.6. The Hall–Kier alpha value is -2.70. The molecule has 0 fully saturated rings. The van der Waals surface area contributed by atoms with Gasteiger partial charge in [-0.2, -0.15) is 0 Å². The van der Waals surface area contributed by atoms with E-state index in [1.165, 1.54) is 19.2 Å². The average molecular weight is 390 g/mol. The van der Waals surface area contributed by atoms with Gasteiger partial charge in [0, 0.05) is 5.02 Å². The highest BCUT2D eigenvalue weighted by Crippen LogP contribution is 2.25. The fraction of sp³-hybridized carbons (Fsp3) is 0.111. The lowest BCUT2D eigenvalue weighted by Gasteiger charge is -2.14. The molecule has 0 bridgehead atoms. The Kier molecular flexibility index (Phi) is 5.35. The first-order valence-electron chi connectivity index (χ1n) is 7.63. The van der Waals surface area contributed by atoms with E-state index >= 15 is 0 Å². The molecule has 0 saturated heterocycles. The van der Waals surface area contributed by atoms with Crippen LogP contribution in [0.5, 0.6) is 0 Å². The highest BCUT2D eigenvalue weighted by Gasteiger charge is 2.21. The van der Waals surface area contributed by atoms with Gasteiger partial charge in [-0.1, -0.05) is 35.3 Å². The summed E-state index contributed by atoms with van der Waals surface area (Å²) in [7, 11) is 0. The number of carbonyl (C=O) groups excluding carboxylic acids is 2. The van der Waals surface area contributed by atoms with Crippen LogP contribution in [0, 0.1) is 0 Å². The molecule has 1 aromatic heterocycles. The molecule has 0 aliphatic heterocycles. The summed E-state index contributed by atoms with van der Waals surface area (Å²) >= 11 is 11.8. The zero-order valence-corrected chi connectivity index (χ0v) is 15.1. The van der Waals surface area contributed by atoms with Gasteiger partial charge in [0.25, 0.3) is 5.91 Å². The van der Waals surface area contributed by atoms with Crippen LogP contribution in [0.2, 0.25) is 10.0 Å². The number of ether oxygens (including phenoxy) is 1. The summed E-state index contributed by atoms with van der Waals surface area (Å²) in [4.78, 5) is 32.8. The SMILES string of the molecule is CC(OC(=O)c1cnc2ccccc2n1)C(=O)Nc1ccc(Cl)cc1Cl. The highest BCUT2D eigenvalue weighted by atomic mass is 35.5. The van der Waals surface area contributed by atoms with Gasteiger partial charge in [-0.05, 0) is 37.3 Å². The molecule has 1 unspecified atom stereocenters. The van der Waals surface area contributed by atoms with Crippen molar-refractivity contribution in [1.82, 2.24) is 9.97 Å². The van der Waals surface area contributed by atoms with E-state index in [1.807, 2.05) is 6.07 Å². The summed E-state index contributed by atoms with van der Waals surface area (Å²) in [6.45, 7) is 1.45. The number of aromatic nitrogens is 2. The smallest absolute Gasteiger partial charge is 0.359 e. The summed E-state index contributed by atoms with van der Waals surface area (Å²) in [5.41, 5.74) is 1.61. The van der Waals surface area contributed by atoms with Crippen molar-refractivity contribution in [2.45, 2.75) is 13.0 Å². The summed E-state index contributed by atoms with van der Waals surface area (Å²) < 4.78 is 5.16. The van der Waals surface area contributed by atoms with Gasteiger partial charge in [0.2, 0.25) is 0 Å². The molecule has 1 N–H and O–H groups in total. The van der Waals surface area contributed by atoms with E-state index in [1.54, 1.807) is 30.3 Å². The average Bonchev–Trinajstić information content (AvgIpc) is 2.63. The van der Waals surface area contributed by atoms with Crippen LogP contribution in [0.4, 0.5) is 5.69 Å². The minimum Gasteiger partial charge on any atom is -0.448 e. The Morgan fingerprint density at radius 2 is 1.85 bits per heavy atom. The molecule has 3 rings (SSSR count). The Morgan fingerprint density at radius 3 is 2.58 bits per heavy atom. The highest BCUT2D eigenvalue weighted by molar-refractivity contribution is 6.36. The number of para-hydroxylation sites is 2. The van der Waals surface area contributed by atoms with Crippen LogP contribution >= 0.6 is 23.2 Å². The van der Waals surface area contributed by atoms with Crippen molar-refractivity contribution in [3.05, 3.63) is 64.4 Å². The summed E-state index contributed by atoms with van der Waals surface area (Å²) in [6, 6.07) is 11.8. The molecule has 0 aliphatic carbocycles. The van der Waals surface area contributed by atoms with Crippen molar-refractivity contribution in [3.63, 3.8) is 0 Å². The molecule has 0 spiro atoms. The van der Waals surface area contributed by atoms with Crippen molar-refractivity contribution >= 4 is 51.8 Å². The van der Waals surface area contributed by atoms with Crippen molar-refractivity contribution in [3.8, 4) is 0 Å². The van der Waals surface area contributed by atoms with Crippen molar-refractivity contribution in [1.29, 1.82) is 0 Å². The molecule has 0 radical (unpaired) electrons. The number of amides is 1. The zero-order chi connectivity index (χ0) is 18.7. The number of hydrogen-bond donors (Lipinski definition) is 1. The summed E-state index contributed by atoms with van der Waals surface area (Å²) in [5.74, 6) is -1.27. The fourth-order valence-electron chi connectivity index (χ4n) is 2.16. The van der Waals surface area contributed by atoms with Crippen LogP contribution in [0.1, 0.15) is 17.4 Å². The minimum absolute atomic E-state index is 0.0212. The van der Waals surface area contributed by atoms with Crippen molar-refractivity contribution in [2.75, 3.05) is 5.32 Å². The topological polar surface area (TPSA) is 81.2 Å². The predicted molar refractivity (Wildman–Crippen MR) is 99.5 cm³/mol. The quantitative estimate of drug-likeness (QED) is 0.678. The van der Waals surface area contributed by atoms with Gasteiger partial charge in [0.15, 0.2) is 11.8 Å². The van der Waals surface area contributed by atoms with E-state index in [4.69, 9.17) is 27.9 Å². The molecule has 8 heteroatoms. The molecule has 1 amide bonds. The number of carbonyl (C=O) groups is 2. The maximum Gasteiger partial charge on any atom is 0.359 e. The van der Waals surface area contributed by atoms with Crippen molar-refractivity contribution < 1.29 is 14.3 Å². The normalized spacial score (nSPS) is 11.8. The molecular formula is C18H13Cl2N3O3. The van der Waals surface area contributed by atoms with Crippen molar-refractivity contribution in [2.24, 2.45) is 0 Å². The lowest BCUT2D eigenvalue weighted by Crippen LogP contribution is -2.30. The summed E-state index contributed by atoms with van der Waals surface area (Å²) in [5, 5.41) is 3.31. The number of nitrogens with zero attached hydrogens (tertiary/aromatic N) is 2. The second-order valence-corrected chi connectivity index (χ2v) is 6.25. The lowest BCUT2D eigenvalue weighted by molar-refractivity contribution is -0.123. The third-order valence-electron chi connectivity index (χ3n) is 3.50. The van der Waals surface area contributed by atoms with Gasteiger partial charge in [-0.3, -0.25) is 9.78 Å². The summed E-state index contributed by atoms with van der Waals surface area (Å²) in [6.07, 6.45) is 0.258. The van der Waals surface area contributed by atoms with E-state index in [-0.39, 0.29) is 10.7 Å². The van der Waals surface area contributed by atoms with E-state index < -0.39 is 18.0 Å². The fourth-order valence-corrected chi connectivity index (χ4v) is 2.61. The van der Waals surface area contributed by atoms with Gasteiger partial charge in [-0.15, -0.1) is 0 Å². The van der Waals surface area contributed by atoms with E-state index in [0.717, 1.165) is 0 Å². The number of anilines is 1. The minimum atomic E-state index is -1.05. The van der Waals surface area contributed by atoms with Gasteiger partial charge < -0.3 is 10.1 Å². The molecule has 6 nitrogen and oxygen atoms in total. The standard InChI is InChI=1S/C18H13Cl2N3O3/c1-10(17(24)23-13-7-6-11(19)8-12(13)20)26-18(25)16-9-21-14-4-2-3-5-15(14)22-16/h2-10H,1H3,(H,23,24). The number of esters is 1. The third kappa shape index (κ3) is 4.09. The second-order valence-electron chi connectivity index (χ2n) is 5.40. The molecule has 2 aromatic carbocycles. The number of rotatable bonds is 4. The Bertz CT molecular complexity index is 994. The number of benzene rings is 2. The van der Waals surface area contributed by atoms with Crippen LogP contribution in [-0.4, -0.2) is 27.9 Å². The first-order valence-corrected chi connectivity index (χ1v) is 8.38. The molecule has 26 heavy (non-hydrogen) atoms. The van der Waals surface area contributed by atoms with Crippen LogP contribution in [0.25, 0.3) is 11.0 Å². The Morgan fingerprint density at radius 1 is 1.12 bits per heavy atom. The monoisotopic (exact) mass is 389 g/mol. The van der Waals surface area contributed by atoms with Gasteiger partial charge >= 0.3 is 5.97 Å². The number of fused-ring (bicyclic) bond motifs is 1. The molecule has 0 aliphatic rings. The largest absolute Gasteiger partial charge is 0.448 e. The van der Waals surface area contributed by atoms with Crippen LogP contribution in [-0.2, 0) is 9.53 Å². The third-order valence-corrected chi connectivity index (χ3v) is 4.05. The van der Waals surface area contributed by atoms with Crippen LogP contribution in [0.3, 0.4) is 0 Å². The first kappa shape index (κ1) is 18.1. The van der Waals surface area contributed by atoms with Crippen LogP contribution in [0.15, 0.2) is 48.7 Å². The second kappa shape index (κ2) is 7.68.